The molecular formula is C13H13ClN2O2. The van der Waals surface area contributed by atoms with E-state index in [4.69, 9.17) is 26.8 Å². The van der Waals surface area contributed by atoms with E-state index in [1.54, 1.807) is 26.5 Å². The van der Waals surface area contributed by atoms with Crippen LogP contribution in [-0.2, 0) is 0 Å². The fraction of sp³-hybridized carbons (Fsp3) is 0.154. The highest BCUT2D eigenvalue weighted by atomic mass is 35.5. The summed E-state index contributed by atoms with van der Waals surface area (Å²) in [6.07, 6.45) is 1.67. The van der Waals surface area contributed by atoms with Crippen LogP contribution in [0.5, 0.6) is 11.5 Å². The summed E-state index contributed by atoms with van der Waals surface area (Å²) < 4.78 is 10.4. The summed E-state index contributed by atoms with van der Waals surface area (Å²) in [4.78, 5) is 4.02. The van der Waals surface area contributed by atoms with Crippen LogP contribution < -0.4 is 15.2 Å². The zero-order chi connectivity index (χ0) is 13.1. The topological polar surface area (TPSA) is 57.4 Å². The summed E-state index contributed by atoms with van der Waals surface area (Å²) in [6.45, 7) is 0. The summed E-state index contributed by atoms with van der Waals surface area (Å²) >= 11 is 5.79. The number of rotatable bonds is 3. The highest BCUT2D eigenvalue weighted by Gasteiger charge is 2.07. The molecule has 0 amide bonds. The van der Waals surface area contributed by atoms with Crippen molar-refractivity contribution in [3.05, 3.63) is 35.6 Å². The van der Waals surface area contributed by atoms with Gasteiger partial charge in [0.2, 0.25) is 0 Å². The average Bonchev–Trinajstić information content (AvgIpc) is 2.41. The summed E-state index contributed by atoms with van der Waals surface area (Å²) in [6, 6.07) is 7.38. The van der Waals surface area contributed by atoms with Gasteiger partial charge in [-0.2, -0.15) is 0 Å². The zero-order valence-corrected chi connectivity index (χ0v) is 10.9. The predicted molar refractivity (Wildman–Crippen MR) is 72.2 cm³/mol. The molecule has 94 valence electrons. The molecule has 1 heterocycles. The fourth-order valence-electron chi connectivity index (χ4n) is 1.64. The first-order chi connectivity index (χ1) is 8.65. The van der Waals surface area contributed by atoms with E-state index in [2.05, 4.69) is 4.98 Å². The molecule has 0 saturated carbocycles. The zero-order valence-electron chi connectivity index (χ0n) is 10.1. The lowest BCUT2D eigenvalue weighted by molar-refractivity contribution is 0.355. The average molecular weight is 265 g/mol. The van der Waals surface area contributed by atoms with Gasteiger partial charge in [-0.15, -0.1) is 0 Å². The molecule has 18 heavy (non-hydrogen) atoms. The Balaban J connectivity index is 2.47. The number of pyridine rings is 1. The van der Waals surface area contributed by atoms with Crippen molar-refractivity contribution >= 4 is 17.3 Å². The van der Waals surface area contributed by atoms with Crippen LogP contribution in [0.25, 0.3) is 11.1 Å². The molecule has 0 radical (unpaired) electrons. The Kier molecular flexibility index (Phi) is 3.58. The lowest BCUT2D eigenvalue weighted by Crippen LogP contribution is -1.93. The standard InChI is InChI=1S/C13H13ClN2O2/c1-17-11-4-3-8(6-12(11)18-2)9-5-10(15)13(14)16-7-9/h3-7H,15H2,1-2H3. The fourth-order valence-corrected chi connectivity index (χ4v) is 1.74. The van der Waals surface area contributed by atoms with Gasteiger partial charge >= 0.3 is 0 Å². The van der Waals surface area contributed by atoms with Crippen LogP contribution in [0.1, 0.15) is 0 Å². The summed E-state index contributed by atoms with van der Waals surface area (Å²) in [5, 5.41) is 0.305. The third-order valence-electron chi connectivity index (χ3n) is 2.58. The molecule has 0 aliphatic rings. The molecule has 2 aromatic rings. The smallest absolute Gasteiger partial charge is 0.161 e. The SMILES string of the molecule is COc1ccc(-c2cnc(Cl)c(N)c2)cc1OC. The van der Waals surface area contributed by atoms with Crippen LogP contribution in [0, 0.1) is 0 Å². The lowest BCUT2D eigenvalue weighted by atomic mass is 10.1. The maximum Gasteiger partial charge on any atom is 0.161 e. The van der Waals surface area contributed by atoms with E-state index < -0.39 is 0 Å². The van der Waals surface area contributed by atoms with Crippen molar-refractivity contribution in [3.8, 4) is 22.6 Å². The number of aromatic nitrogens is 1. The van der Waals surface area contributed by atoms with E-state index in [0.29, 0.717) is 22.3 Å². The lowest BCUT2D eigenvalue weighted by Gasteiger charge is -2.10. The van der Waals surface area contributed by atoms with E-state index in [1.165, 1.54) is 0 Å². The minimum absolute atomic E-state index is 0.305. The van der Waals surface area contributed by atoms with E-state index >= 15 is 0 Å². The van der Waals surface area contributed by atoms with Gasteiger partial charge in [0, 0.05) is 11.8 Å². The Morgan fingerprint density at radius 3 is 2.39 bits per heavy atom. The van der Waals surface area contributed by atoms with Gasteiger partial charge in [-0.05, 0) is 23.8 Å². The van der Waals surface area contributed by atoms with Crippen LogP contribution in [0.3, 0.4) is 0 Å². The normalized spacial score (nSPS) is 10.2. The molecule has 0 fully saturated rings. The third kappa shape index (κ3) is 2.33. The van der Waals surface area contributed by atoms with Crippen LogP contribution in [0.4, 0.5) is 5.69 Å². The third-order valence-corrected chi connectivity index (χ3v) is 2.90. The number of hydrogen-bond donors (Lipinski definition) is 1. The molecule has 0 bridgehead atoms. The van der Waals surface area contributed by atoms with Gasteiger partial charge in [-0.3, -0.25) is 0 Å². The first kappa shape index (κ1) is 12.5. The van der Waals surface area contributed by atoms with Gasteiger partial charge in [0.15, 0.2) is 16.7 Å². The molecule has 1 aromatic carbocycles. The minimum Gasteiger partial charge on any atom is -0.493 e. The Hall–Kier alpha value is -1.94. The first-order valence-electron chi connectivity index (χ1n) is 5.29. The molecule has 1 aromatic heterocycles. The van der Waals surface area contributed by atoms with E-state index in [-0.39, 0.29) is 0 Å². The summed E-state index contributed by atoms with van der Waals surface area (Å²) in [5.41, 5.74) is 7.99. The monoisotopic (exact) mass is 264 g/mol. The van der Waals surface area contributed by atoms with Gasteiger partial charge in [-0.25, -0.2) is 4.98 Å². The van der Waals surface area contributed by atoms with E-state index in [0.717, 1.165) is 11.1 Å². The van der Waals surface area contributed by atoms with Crippen LogP contribution in [-0.4, -0.2) is 19.2 Å². The number of nitrogen functional groups attached to an aromatic ring is 1. The van der Waals surface area contributed by atoms with Crippen molar-refractivity contribution in [3.63, 3.8) is 0 Å². The van der Waals surface area contributed by atoms with Crippen LogP contribution in [0.15, 0.2) is 30.5 Å². The Bertz CT molecular complexity index is 573. The maximum atomic E-state index is 5.79. The molecule has 0 saturated heterocycles. The molecule has 0 unspecified atom stereocenters. The van der Waals surface area contributed by atoms with Gasteiger partial charge in [0.1, 0.15) is 0 Å². The van der Waals surface area contributed by atoms with Crippen molar-refractivity contribution in [2.75, 3.05) is 20.0 Å². The van der Waals surface area contributed by atoms with Crippen molar-refractivity contribution in [1.29, 1.82) is 0 Å². The number of nitrogens with two attached hydrogens (primary N) is 1. The second-order valence-electron chi connectivity index (χ2n) is 3.67. The summed E-state index contributed by atoms with van der Waals surface area (Å²) in [5.74, 6) is 1.33. The van der Waals surface area contributed by atoms with Gasteiger partial charge in [0.25, 0.3) is 0 Å². The van der Waals surface area contributed by atoms with E-state index in [9.17, 15) is 0 Å². The number of halogens is 1. The molecular weight excluding hydrogens is 252 g/mol. The molecule has 0 aliphatic heterocycles. The maximum absolute atomic E-state index is 5.79. The van der Waals surface area contributed by atoms with Crippen molar-refractivity contribution in [2.45, 2.75) is 0 Å². The van der Waals surface area contributed by atoms with Gasteiger partial charge < -0.3 is 15.2 Å². The molecule has 2 N–H and O–H groups in total. The second-order valence-corrected chi connectivity index (χ2v) is 4.03. The van der Waals surface area contributed by atoms with Gasteiger partial charge in [-0.1, -0.05) is 17.7 Å². The van der Waals surface area contributed by atoms with Crippen molar-refractivity contribution in [1.82, 2.24) is 4.98 Å². The highest BCUT2D eigenvalue weighted by molar-refractivity contribution is 6.31. The van der Waals surface area contributed by atoms with Gasteiger partial charge in [0.05, 0.1) is 19.9 Å². The Morgan fingerprint density at radius 1 is 1.06 bits per heavy atom. The summed E-state index contributed by atoms with van der Waals surface area (Å²) in [7, 11) is 3.19. The van der Waals surface area contributed by atoms with Crippen LogP contribution >= 0.6 is 11.6 Å². The molecule has 5 heteroatoms. The number of nitrogens with zero attached hydrogens (tertiary/aromatic N) is 1. The minimum atomic E-state index is 0.305. The number of benzene rings is 1. The number of anilines is 1. The van der Waals surface area contributed by atoms with Crippen molar-refractivity contribution in [2.24, 2.45) is 0 Å². The largest absolute Gasteiger partial charge is 0.493 e. The molecule has 0 spiro atoms. The van der Waals surface area contributed by atoms with E-state index in [1.807, 2.05) is 18.2 Å². The molecule has 2 rings (SSSR count). The highest BCUT2D eigenvalue weighted by Crippen LogP contribution is 2.33. The van der Waals surface area contributed by atoms with Crippen molar-refractivity contribution < 1.29 is 9.47 Å². The quantitative estimate of drug-likeness (QED) is 0.866. The molecule has 4 nitrogen and oxygen atoms in total. The number of hydrogen-bond acceptors (Lipinski definition) is 4. The predicted octanol–water partition coefficient (Wildman–Crippen LogP) is 3.00. The molecule has 0 atom stereocenters. The second kappa shape index (κ2) is 5.14. The van der Waals surface area contributed by atoms with Crippen LogP contribution in [0.2, 0.25) is 5.15 Å². The Morgan fingerprint density at radius 2 is 1.78 bits per heavy atom. The first-order valence-corrected chi connectivity index (χ1v) is 5.67. The molecule has 0 aliphatic carbocycles. The number of ether oxygens (including phenoxy) is 2. The number of methoxy groups -OCH3 is 2. The Labute approximate surface area is 110 Å².